The molecule has 0 atom stereocenters. The van der Waals surface area contributed by atoms with Gasteiger partial charge in [-0.25, -0.2) is 4.79 Å². The van der Waals surface area contributed by atoms with Gasteiger partial charge in [0, 0.05) is 5.02 Å². The van der Waals surface area contributed by atoms with E-state index in [1.807, 2.05) is 0 Å². The van der Waals surface area contributed by atoms with Crippen LogP contribution in [0.2, 0.25) is 5.02 Å². The first kappa shape index (κ1) is 12.4. The molecule has 1 aromatic carbocycles. The molecular weight excluding hydrogens is 260 g/mol. The van der Waals surface area contributed by atoms with E-state index in [4.69, 9.17) is 20.9 Å². The van der Waals surface area contributed by atoms with E-state index < -0.39 is 5.97 Å². The highest BCUT2D eigenvalue weighted by atomic mass is 35.5. The van der Waals surface area contributed by atoms with E-state index in [1.54, 1.807) is 6.92 Å². The number of aryl methyl sites for hydroxylation is 1. The second kappa shape index (κ2) is 5.05. The van der Waals surface area contributed by atoms with Crippen LogP contribution in [-0.2, 0) is 11.3 Å². The number of aromatic hydroxyl groups is 1. The van der Waals surface area contributed by atoms with Gasteiger partial charge in [-0.15, -0.1) is 0 Å². The Morgan fingerprint density at radius 1 is 1.56 bits per heavy atom. The van der Waals surface area contributed by atoms with Crippen LogP contribution in [0.1, 0.15) is 22.1 Å². The van der Waals surface area contributed by atoms with Crippen LogP contribution < -0.4 is 0 Å². The minimum atomic E-state index is -0.694. The molecule has 0 saturated heterocycles. The number of carbonyl (C=O) groups is 1. The van der Waals surface area contributed by atoms with Crippen LogP contribution in [0.15, 0.2) is 22.7 Å². The Morgan fingerprint density at radius 2 is 2.33 bits per heavy atom. The van der Waals surface area contributed by atoms with Gasteiger partial charge in [-0.05, 0) is 25.1 Å². The molecule has 0 aliphatic heterocycles. The van der Waals surface area contributed by atoms with E-state index >= 15 is 0 Å². The van der Waals surface area contributed by atoms with Gasteiger partial charge in [-0.2, -0.15) is 4.98 Å². The van der Waals surface area contributed by atoms with Crippen molar-refractivity contribution in [1.29, 1.82) is 0 Å². The summed E-state index contributed by atoms with van der Waals surface area (Å²) in [5.41, 5.74) is 0.0237. The highest BCUT2D eigenvalue weighted by Gasteiger charge is 2.14. The summed E-state index contributed by atoms with van der Waals surface area (Å²) in [4.78, 5) is 15.5. The Balaban J connectivity index is 2.03. The van der Waals surface area contributed by atoms with Crippen LogP contribution >= 0.6 is 11.6 Å². The molecule has 0 bridgehead atoms. The Labute approximate surface area is 107 Å². The zero-order chi connectivity index (χ0) is 13.1. The first-order valence-electron chi connectivity index (χ1n) is 5.01. The number of nitrogens with zero attached hydrogens (tertiary/aromatic N) is 2. The maximum Gasteiger partial charge on any atom is 0.342 e. The number of phenolic OH excluding ortho intramolecular Hbond substituents is 1. The lowest BCUT2D eigenvalue weighted by molar-refractivity contribution is 0.0426. The molecule has 18 heavy (non-hydrogen) atoms. The summed E-state index contributed by atoms with van der Waals surface area (Å²) in [5.74, 6) is -0.293. The lowest BCUT2D eigenvalue weighted by Gasteiger charge is -2.04. The molecule has 0 spiro atoms. The summed E-state index contributed by atoms with van der Waals surface area (Å²) in [7, 11) is 0. The Kier molecular flexibility index (Phi) is 3.47. The molecule has 1 heterocycles. The number of phenols is 1. The van der Waals surface area contributed by atoms with Gasteiger partial charge < -0.3 is 14.4 Å². The molecule has 6 nitrogen and oxygen atoms in total. The molecule has 2 rings (SSSR count). The van der Waals surface area contributed by atoms with Gasteiger partial charge >= 0.3 is 5.97 Å². The number of aromatic nitrogens is 2. The van der Waals surface area contributed by atoms with E-state index in [1.165, 1.54) is 18.2 Å². The predicted octanol–water partition coefficient (Wildman–Crippen LogP) is 2.09. The van der Waals surface area contributed by atoms with Gasteiger partial charge in [0.2, 0.25) is 0 Å². The molecule has 0 unspecified atom stereocenters. The van der Waals surface area contributed by atoms with Crippen LogP contribution in [0.5, 0.6) is 5.75 Å². The molecular formula is C11H9ClN2O4. The SMILES string of the molecule is Cc1noc(COC(=O)c2ccc(Cl)cc2O)n1. The number of hydrogen-bond acceptors (Lipinski definition) is 6. The fourth-order valence-electron chi connectivity index (χ4n) is 1.28. The molecule has 0 saturated carbocycles. The van der Waals surface area contributed by atoms with Gasteiger partial charge in [0.15, 0.2) is 12.4 Å². The third kappa shape index (κ3) is 2.78. The number of benzene rings is 1. The van der Waals surface area contributed by atoms with E-state index in [-0.39, 0.29) is 23.8 Å². The van der Waals surface area contributed by atoms with Crippen LogP contribution in [0, 0.1) is 6.92 Å². The maximum atomic E-state index is 11.6. The molecule has 1 aromatic heterocycles. The van der Waals surface area contributed by atoms with E-state index in [2.05, 4.69) is 10.1 Å². The van der Waals surface area contributed by atoms with E-state index in [9.17, 15) is 9.90 Å². The smallest absolute Gasteiger partial charge is 0.342 e. The highest BCUT2D eigenvalue weighted by Crippen LogP contribution is 2.22. The zero-order valence-electron chi connectivity index (χ0n) is 9.38. The molecule has 94 valence electrons. The second-order valence-corrected chi connectivity index (χ2v) is 3.91. The predicted molar refractivity (Wildman–Crippen MR) is 61.3 cm³/mol. The first-order valence-corrected chi connectivity index (χ1v) is 5.39. The van der Waals surface area contributed by atoms with Crippen molar-refractivity contribution in [2.45, 2.75) is 13.5 Å². The van der Waals surface area contributed by atoms with Gasteiger partial charge in [-0.1, -0.05) is 16.8 Å². The highest BCUT2D eigenvalue weighted by molar-refractivity contribution is 6.30. The minimum absolute atomic E-state index is 0.0237. The molecule has 0 fully saturated rings. The van der Waals surface area contributed by atoms with Crippen molar-refractivity contribution in [2.75, 3.05) is 0 Å². The number of halogens is 1. The number of ether oxygens (including phenoxy) is 1. The Morgan fingerprint density at radius 3 is 2.94 bits per heavy atom. The molecule has 2 aromatic rings. The third-order valence-corrected chi connectivity index (χ3v) is 2.31. The molecule has 0 radical (unpaired) electrons. The third-order valence-electron chi connectivity index (χ3n) is 2.08. The summed E-state index contributed by atoms with van der Waals surface area (Å²) in [6.45, 7) is 1.50. The summed E-state index contributed by atoms with van der Waals surface area (Å²) >= 11 is 5.65. The number of hydrogen-bond donors (Lipinski definition) is 1. The van der Waals surface area contributed by atoms with Crippen molar-refractivity contribution in [3.05, 3.63) is 40.5 Å². The molecule has 1 N–H and O–H groups in total. The monoisotopic (exact) mass is 268 g/mol. The average molecular weight is 269 g/mol. The van der Waals surface area contributed by atoms with Crippen LogP contribution in [-0.4, -0.2) is 21.2 Å². The maximum absolute atomic E-state index is 11.6. The van der Waals surface area contributed by atoms with E-state index in [0.717, 1.165) is 0 Å². The van der Waals surface area contributed by atoms with Crippen molar-refractivity contribution >= 4 is 17.6 Å². The molecule has 0 amide bonds. The van der Waals surface area contributed by atoms with Gasteiger partial charge in [0.25, 0.3) is 5.89 Å². The fourth-order valence-corrected chi connectivity index (χ4v) is 1.45. The zero-order valence-corrected chi connectivity index (χ0v) is 10.1. The van der Waals surface area contributed by atoms with Crippen molar-refractivity contribution in [3.63, 3.8) is 0 Å². The lowest BCUT2D eigenvalue weighted by atomic mass is 10.2. The second-order valence-electron chi connectivity index (χ2n) is 3.47. The standard InChI is InChI=1S/C11H9ClN2O4/c1-6-13-10(18-14-6)5-17-11(16)8-3-2-7(12)4-9(8)15/h2-4,15H,5H2,1H3. The van der Waals surface area contributed by atoms with Crippen LogP contribution in [0.25, 0.3) is 0 Å². The largest absolute Gasteiger partial charge is 0.507 e. The van der Waals surface area contributed by atoms with Gasteiger partial charge in [0.05, 0.1) is 0 Å². The number of carbonyl (C=O) groups excluding carboxylic acids is 1. The molecule has 7 heteroatoms. The number of rotatable bonds is 3. The topological polar surface area (TPSA) is 85.5 Å². The van der Waals surface area contributed by atoms with Crippen LogP contribution in [0.3, 0.4) is 0 Å². The number of esters is 1. The Bertz CT molecular complexity index is 582. The summed E-state index contributed by atoms with van der Waals surface area (Å²) in [6.07, 6.45) is 0. The normalized spacial score (nSPS) is 10.3. The van der Waals surface area contributed by atoms with Gasteiger partial charge in [-0.3, -0.25) is 0 Å². The minimum Gasteiger partial charge on any atom is -0.507 e. The summed E-state index contributed by atoms with van der Waals surface area (Å²) in [5, 5.41) is 13.4. The van der Waals surface area contributed by atoms with Gasteiger partial charge in [0.1, 0.15) is 11.3 Å². The first-order chi connectivity index (χ1) is 8.56. The summed E-state index contributed by atoms with van der Waals surface area (Å²) < 4.78 is 9.69. The Hall–Kier alpha value is -2.08. The summed E-state index contributed by atoms with van der Waals surface area (Å²) in [6, 6.07) is 4.11. The molecule has 0 aliphatic carbocycles. The van der Waals surface area contributed by atoms with Crippen LogP contribution in [0.4, 0.5) is 0 Å². The van der Waals surface area contributed by atoms with Crippen molar-refractivity contribution in [3.8, 4) is 5.75 Å². The van der Waals surface area contributed by atoms with Crippen molar-refractivity contribution in [2.24, 2.45) is 0 Å². The fraction of sp³-hybridized carbons (Fsp3) is 0.182. The quantitative estimate of drug-likeness (QED) is 0.858. The van der Waals surface area contributed by atoms with E-state index in [0.29, 0.717) is 10.8 Å². The average Bonchev–Trinajstić information content (AvgIpc) is 2.72. The lowest BCUT2D eigenvalue weighted by Crippen LogP contribution is -2.05. The van der Waals surface area contributed by atoms with Crippen molar-refractivity contribution < 1.29 is 19.2 Å². The van der Waals surface area contributed by atoms with Crippen molar-refractivity contribution in [1.82, 2.24) is 10.1 Å². The molecule has 0 aliphatic rings.